The van der Waals surface area contributed by atoms with Crippen LogP contribution in [0.5, 0.6) is 0 Å². The molecule has 0 bridgehead atoms. The molecule has 1 atom stereocenters. The molecule has 1 aliphatic rings. The molecule has 0 aromatic rings. The maximum absolute atomic E-state index is 5.02. The van der Waals surface area contributed by atoms with Gasteiger partial charge in [0.2, 0.25) is 0 Å². The van der Waals surface area contributed by atoms with Gasteiger partial charge < -0.3 is 4.74 Å². The van der Waals surface area contributed by atoms with Crippen molar-refractivity contribution in [3.8, 4) is 0 Å². The Hall–Kier alpha value is -0.0400. The van der Waals surface area contributed by atoms with E-state index in [1.807, 2.05) is 0 Å². The fourth-order valence-corrected chi connectivity index (χ4v) is 0.946. The van der Waals surface area contributed by atoms with Crippen molar-refractivity contribution in [2.24, 2.45) is 5.92 Å². The summed E-state index contributed by atoms with van der Waals surface area (Å²) >= 11 is 0. The summed E-state index contributed by atoms with van der Waals surface area (Å²) < 4.78 is 5.02. The number of hydrogen-bond donors (Lipinski definition) is 0. The van der Waals surface area contributed by atoms with E-state index in [9.17, 15) is 0 Å². The largest absolute Gasteiger partial charge is 0.381 e. The van der Waals surface area contributed by atoms with E-state index in [1.54, 1.807) is 7.11 Å². The minimum absolute atomic E-state index is 0.227. The third kappa shape index (κ3) is 2.85. The highest BCUT2D eigenvalue weighted by Crippen LogP contribution is 2.33. The molecule has 1 saturated carbocycles. The molecule has 0 aromatic carbocycles. The summed E-state index contributed by atoms with van der Waals surface area (Å²) in [5.41, 5.74) is 0. The lowest BCUT2D eigenvalue weighted by Gasteiger charge is -2.06. The predicted octanol–water partition coefficient (Wildman–Crippen LogP) is 2.03. The molecule has 9 heavy (non-hydrogen) atoms. The van der Waals surface area contributed by atoms with Crippen molar-refractivity contribution in [2.45, 2.75) is 31.8 Å². The smallest absolute Gasteiger partial charge is 0.0572 e. The minimum Gasteiger partial charge on any atom is -0.381 e. The van der Waals surface area contributed by atoms with Crippen LogP contribution in [0.3, 0.4) is 0 Å². The van der Waals surface area contributed by atoms with E-state index in [-0.39, 0.29) is 6.10 Å². The molecule has 1 rings (SSSR count). The Morgan fingerprint density at radius 3 is 2.78 bits per heavy atom. The van der Waals surface area contributed by atoms with Crippen LogP contribution in [0.2, 0.25) is 0 Å². The summed E-state index contributed by atoms with van der Waals surface area (Å²) in [6.45, 7) is 3.83. The fraction of sp³-hybridized carbons (Fsp3) is 0.875. The molecule has 0 saturated heterocycles. The zero-order valence-electron chi connectivity index (χ0n) is 6.10. The Morgan fingerprint density at radius 1 is 1.67 bits per heavy atom. The van der Waals surface area contributed by atoms with Gasteiger partial charge >= 0.3 is 0 Å². The second kappa shape index (κ2) is 3.21. The van der Waals surface area contributed by atoms with Crippen molar-refractivity contribution < 1.29 is 4.74 Å². The quantitative estimate of drug-likeness (QED) is 0.561. The first-order valence-electron chi connectivity index (χ1n) is 3.69. The van der Waals surface area contributed by atoms with E-state index in [0.717, 1.165) is 12.3 Å². The third-order valence-corrected chi connectivity index (χ3v) is 1.93. The third-order valence-electron chi connectivity index (χ3n) is 1.93. The number of ether oxygens (including phenoxy) is 1. The zero-order chi connectivity index (χ0) is 6.69. The Bertz CT molecular complexity index is 76.6. The SMILES string of the molecule is [CH2]C(CCC1CC1)OC. The molecule has 0 spiro atoms. The van der Waals surface area contributed by atoms with Crippen LogP contribution in [0, 0.1) is 12.8 Å². The second-order valence-corrected chi connectivity index (χ2v) is 2.88. The van der Waals surface area contributed by atoms with Crippen LogP contribution in [-0.4, -0.2) is 13.2 Å². The van der Waals surface area contributed by atoms with Gasteiger partial charge in [0, 0.05) is 7.11 Å². The van der Waals surface area contributed by atoms with Crippen molar-refractivity contribution in [1.29, 1.82) is 0 Å². The molecule has 1 aliphatic carbocycles. The molecular weight excluding hydrogens is 112 g/mol. The molecule has 0 N–H and O–H groups in total. The molecule has 0 heterocycles. The lowest BCUT2D eigenvalue weighted by Crippen LogP contribution is -2.04. The number of hydrogen-bond acceptors (Lipinski definition) is 1. The van der Waals surface area contributed by atoms with E-state index in [2.05, 4.69) is 6.92 Å². The normalized spacial score (nSPS) is 22.0. The van der Waals surface area contributed by atoms with Crippen molar-refractivity contribution in [2.75, 3.05) is 7.11 Å². The lowest BCUT2D eigenvalue weighted by molar-refractivity contribution is 0.128. The molecule has 0 aromatic heterocycles. The highest BCUT2D eigenvalue weighted by Gasteiger charge is 2.21. The maximum atomic E-state index is 5.02. The molecule has 1 nitrogen and oxygen atoms in total. The van der Waals surface area contributed by atoms with Gasteiger partial charge in [-0.1, -0.05) is 12.8 Å². The lowest BCUT2D eigenvalue weighted by atomic mass is 10.1. The first-order valence-corrected chi connectivity index (χ1v) is 3.69. The average molecular weight is 127 g/mol. The van der Waals surface area contributed by atoms with Crippen LogP contribution in [0.4, 0.5) is 0 Å². The summed E-state index contributed by atoms with van der Waals surface area (Å²) in [5.74, 6) is 1.02. The zero-order valence-corrected chi connectivity index (χ0v) is 6.10. The summed E-state index contributed by atoms with van der Waals surface area (Å²) in [4.78, 5) is 0. The molecule has 1 unspecified atom stereocenters. The number of methoxy groups -OCH3 is 1. The first-order chi connectivity index (χ1) is 4.33. The van der Waals surface area contributed by atoms with Gasteiger partial charge in [-0.15, -0.1) is 0 Å². The van der Waals surface area contributed by atoms with Gasteiger partial charge in [0.15, 0.2) is 0 Å². The maximum Gasteiger partial charge on any atom is 0.0572 e. The van der Waals surface area contributed by atoms with Crippen molar-refractivity contribution in [1.82, 2.24) is 0 Å². The van der Waals surface area contributed by atoms with E-state index in [0.29, 0.717) is 0 Å². The minimum atomic E-state index is 0.227. The fourth-order valence-electron chi connectivity index (χ4n) is 0.946. The van der Waals surface area contributed by atoms with Crippen molar-refractivity contribution in [3.05, 3.63) is 6.92 Å². The van der Waals surface area contributed by atoms with Crippen LogP contribution < -0.4 is 0 Å². The highest BCUT2D eigenvalue weighted by atomic mass is 16.5. The van der Waals surface area contributed by atoms with Gasteiger partial charge in [-0.3, -0.25) is 0 Å². The van der Waals surface area contributed by atoms with E-state index < -0.39 is 0 Å². The van der Waals surface area contributed by atoms with Gasteiger partial charge in [-0.25, -0.2) is 0 Å². The highest BCUT2D eigenvalue weighted by molar-refractivity contribution is 4.74. The molecular formula is C8H15O. The number of rotatable bonds is 4. The monoisotopic (exact) mass is 127 g/mol. The molecule has 0 aliphatic heterocycles. The van der Waals surface area contributed by atoms with Crippen LogP contribution in [0.15, 0.2) is 0 Å². The van der Waals surface area contributed by atoms with Crippen molar-refractivity contribution >= 4 is 0 Å². The summed E-state index contributed by atoms with van der Waals surface area (Å²) in [5, 5.41) is 0. The average Bonchev–Trinajstić information content (AvgIpc) is 2.65. The molecule has 0 amide bonds. The van der Waals surface area contributed by atoms with E-state index in [4.69, 9.17) is 4.74 Å². The Morgan fingerprint density at radius 2 is 2.33 bits per heavy atom. The summed E-state index contributed by atoms with van der Waals surface area (Å²) in [7, 11) is 1.73. The molecule has 53 valence electrons. The van der Waals surface area contributed by atoms with Crippen LogP contribution in [-0.2, 0) is 4.74 Å². The van der Waals surface area contributed by atoms with E-state index >= 15 is 0 Å². The Balaban J connectivity index is 1.90. The topological polar surface area (TPSA) is 9.23 Å². The summed E-state index contributed by atoms with van der Waals surface area (Å²) in [6.07, 6.45) is 5.57. The van der Waals surface area contributed by atoms with Crippen LogP contribution >= 0.6 is 0 Å². The van der Waals surface area contributed by atoms with Crippen LogP contribution in [0.25, 0.3) is 0 Å². The predicted molar refractivity (Wildman–Crippen MR) is 38.1 cm³/mol. The van der Waals surface area contributed by atoms with Gasteiger partial charge in [-0.2, -0.15) is 0 Å². The Kier molecular flexibility index (Phi) is 2.52. The molecule has 1 radical (unpaired) electrons. The van der Waals surface area contributed by atoms with Gasteiger partial charge in [-0.05, 0) is 25.7 Å². The van der Waals surface area contributed by atoms with Gasteiger partial charge in [0.05, 0.1) is 6.10 Å². The first kappa shape index (κ1) is 7.07. The van der Waals surface area contributed by atoms with Crippen molar-refractivity contribution in [3.63, 3.8) is 0 Å². The second-order valence-electron chi connectivity index (χ2n) is 2.88. The molecule has 1 fully saturated rings. The van der Waals surface area contributed by atoms with Gasteiger partial charge in [0.25, 0.3) is 0 Å². The van der Waals surface area contributed by atoms with Gasteiger partial charge in [0.1, 0.15) is 0 Å². The summed E-state index contributed by atoms with van der Waals surface area (Å²) in [6, 6.07) is 0. The standard InChI is InChI=1S/C8H15O/c1-7(9-2)3-4-8-5-6-8/h7-8H,1,3-6H2,2H3. The van der Waals surface area contributed by atoms with Crippen LogP contribution in [0.1, 0.15) is 25.7 Å². The molecule has 1 heteroatoms. The Labute approximate surface area is 57.4 Å². The van der Waals surface area contributed by atoms with E-state index in [1.165, 1.54) is 19.3 Å².